The predicted molar refractivity (Wildman–Crippen MR) is 73.4 cm³/mol. The third kappa shape index (κ3) is 3.25. The molecule has 1 aromatic heterocycles. The van der Waals surface area contributed by atoms with Gasteiger partial charge in [0.25, 0.3) is 0 Å². The molecule has 0 unspecified atom stereocenters. The molecule has 1 N–H and O–H groups in total. The zero-order valence-corrected chi connectivity index (χ0v) is 12.1. The van der Waals surface area contributed by atoms with E-state index in [1.54, 1.807) is 0 Å². The van der Waals surface area contributed by atoms with Gasteiger partial charge < -0.3 is 9.72 Å². The summed E-state index contributed by atoms with van der Waals surface area (Å²) in [5, 5.41) is 0. The van der Waals surface area contributed by atoms with Crippen LogP contribution < -0.4 is 0 Å². The van der Waals surface area contributed by atoms with E-state index >= 15 is 0 Å². The number of aromatic nitrogens is 2. The fourth-order valence-electron chi connectivity index (χ4n) is 2.18. The van der Waals surface area contributed by atoms with Gasteiger partial charge in [-0.25, -0.2) is 4.98 Å². The topological polar surface area (TPSA) is 37.9 Å². The quantitative estimate of drug-likeness (QED) is 0.802. The number of ether oxygens (including phenoxy) is 1. The standard InChI is InChI=1S/C13H13F5N2OS/c14-22(15,16,17,18)11-3-1-10(2-4-11)12-6-19-13(20-12)5-9-7-21-8-9/h1-4,6,9H,5,7-8H2,(H,19,20). The molecular formula is C13H13F5N2OS. The molecule has 0 bridgehead atoms. The van der Waals surface area contributed by atoms with Gasteiger partial charge in [0.2, 0.25) is 0 Å². The second-order valence-corrected chi connectivity index (χ2v) is 7.75. The van der Waals surface area contributed by atoms with Gasteiger partial charge in [0.15, 0.2) is 0 Å². The summed E-state index contributed by atoms with van der Waals surface area (Å²) in [5.74, 6) is 1.08. The number of rotatable bonds is 4. The highest BCUT2D eigenvalue weighted by Crippen LogP contribution is 3.02. The molecule has 1 aliphatic rings. The zero-order valence-electron chi connectivity index (χ0n) is 11.2. The Kier molecular flexibility index (Phi) is 2.94. The van der Waals surface area contributed by atoms with Gasteiger partial charge in [-0.05, 0) is 17.7 Å². The second kappa shape index (κ2) is 4.23. The van der Waals surface area contributed by atoms with E-state index in [4.69, 9.17) is 4.74 Å². The van der Waals surface area contributed by atoms with E-state index in [1.807, 2.05) is 0 Å². The first-order valence-corrected chi connectivity index (χ1v) is 8.42. The van der Waals surface area contributed by atoms with Crippen LogP contribution in [0.15, 0.2) is 35.4 Å². The summed E-state index contributed by atoms with van der Waals surface area (Å²) in [6.07, 6.45) is 2.16. The van der Waals surface area contributed by atoms with E-state index in [2.05, 4.69) is 9.97 Å². The molecule has 3 nitrogen and oxygen atoms in total. The molecule has 0 saturated carbocycles. The minimum absolute atomic E-state index is 0.370. The highest BCUT2D eigenvalue weighted by Gasteiger charge is 2.65. The average molecular weight is 340 g/mol. The molecule has 122 valence electrons. The normalized spacial score (nSPS) is 19.3. The second-order valence-electron chi connectivity index (χ2n) is 5.34. The molecule has 9 heteroatoms. The van der Waals surface area contributed by atoms with Crippen molar-refractivity contribution in [2.75, 3.05) is 13.2 Å². The van der Waals surface area contributed by atoms with Crippen molar-refractivity contribution in [3.63, 3.8) is 0 Å². The van der Waals surface area contributed by atoms with Crippen molar-refractivity contribution in [2.45, 2.75) is 11.3 Å². The number of aromatic amines is 1. The van der Waals surface area contributed by atoms with Crippen molar-refractivity contribution >= 4 is 10.2 Å². The summed E-state index contributed by atoms with van der Waals surface area (Å²) in [4.78, 5) is 5.23. The molecule has 1 aromatic carbocycles. The molecule has 0 radical (unpaired) electrons. The lowest BCUT2D eigenvalue weighted by atomic mass is 10.0. The first kappa shape index (κ1) is 15.3. The number of hydrogen-bond donors (Lipinski definition) is 1. The van der Waals surface area contributed by atoms with Gasteiger partial charge in [-0.2, -0.15) is 0 Å². The Morgan fingerprint density at radius 2 is 1.73 bits per heavy atom. The van der Waals surface area contributed by atoms with E-state index in [1.165, 1.54) is 6.20 Å². The summed E-state index contributed by atoms with van der Waals surface area (Å²) < 4.78 is 68.3. The van der Waals surface area contributed by atoms with Crippen molar-refractivity contribution in [2.24, 2.45) is 5.92 Å². The highest BCUT2D eigenvalue weighted by atomic mass is 32.5. The molecule has 0 amide bonds. The number of nitrogens with one attached hydrogen (secondary N) is 1. The van der Waals surface area contributed by atoms with Crippen molar-refractivity contribution in [1.82, 2.24) is 9.97 Å². The van der Waals surface area contributed by atoms with Crippen LogP contribution in [-0.2, 0) is 11.2 Å². The SMILES string of the molecule is FS(F)(F)(F)(F)c1ccc(-c2cnc(CC3COC3)[nH]2)cc1. The van der Waals surface area contributed by atoms with Crippen LogP contribution in [-0.4, -0.2) is 23.2 Å². The molecule has 2 heterocycles. The third-order valence-electron chi connectivity index (χ3n) is 3.43. The van der Waals surface area contributed by atoms with Crippen LogP contribution in [0.5, 0.6) is 0 Å². The van der Waals surface area contributed by atoms with Crippen molar-refractivity contribution in [1.29, 1.82) is 0 Å². The molecule has 1 aliphatic heterocycles. The Hall–Kier alpha value is -1.61. The number of H-pyrrole nitrogens is 1. The van der Waals surface area contributed by atoms with E-state index in [-0.39, 0.29) is 0 Å². The maximum absolute atomic E-state index is 12.6. The maximum atomic E-state index is 12.6. The fourth-order valence-corrected chi connectivity index (χ4v) is 2.83. The molecule has 1 saturated heterocycles. The van der Waals surface area contributed by atoms with Crippen LogP contribution in [0.25, 0.3) is 11.3 Å². The molecule has 22 heavy (non-hydrogen) atoms. The summed E-state index contributed by atoms with van der Waals surface area (Å²) in [6.45, 7) is 1.32. The zero-order chi connectivity index (χ0) is 16.1. The number of imidazole rings is 1. The third-order valence-corrected chi connectivity index (χ3v) is 4.59. The van der Waals surface area contributed by atoms with E-state index < -0.39 is 15.1 Å². The van der Waals surface area contributed by atoms with Gasteiger partial charge in [-0.15, -0.1) is 0 Å². The van der Waals surface area contributed by atoms with Crippen molar-refractivity contribution in [3.05, 3.63) is 36.3 Å². The van der Waals surface area contributed by atoms with Gasteiger partial charge in [-0.3, -0.25) is 0 Å². The average Bonchev–Trinajstić information content (AvgIpc) is 2.80. The Morgan fingerprint density at radius 3 is 2.23 bits per heavy atom. The first-order chi connectivity index (χ1) is 10.0. The number of benzene rings is 1. The van der Waals surface area contributed by atoms with Crippen molar-refractivity contribution in [3.8, 4) is 11.3 Å². The van der Waals surface area contributed by atoms with Gasteiger partial charge in [0, 0.05) is 12.3 Å². The van der Waals surface area contributed by atoms with E-state index in [0.29, 0.717) is 54.8 Å². The molecule has 0 spiro atoms. The van der Waals surface area contributed by atoms with Crippen LogP contribution in [0.1, 0.15) is 5.82 Å². The summed E-state index contributed by atoms with van der Waals surface area (Å²) in [7, 11) is -9.62. The Labute approximate surface area is 123 Å². The monoisotopic (exact) mass is 340 g/mol. The number of halogens is 5. The van der Waals surface area contributed by atoms with Crippen LogP contribution >= 0.6 is 10.2 Å². The lowest BCUT2D eigenvalue weighted by Crippen LogP contribution is -2.29. The summed E-state index contributed by atoms with van der Waals surface area (Å²) in [6, 6.07) is 2.82. The molecule has 0 atom stereocenters. The summed E-state index contributed by atoms with van der Waals surface area (Å²) in [5.41, 5.74) is 0.859. The lowest BCUT2D eigenvalue weighted by Gasteiger charge is -2.40. The van der Waals surface area contributed by atoms with Gasteiger partial charge in [-0.1, -0.05) is 31.6 Å². The molecular weight excluding hydrogens is 327 g/mol. The van der Waals surface area contributed by atoms with Gasteiger partial charge in [0.1, 0.15) is 10.7 Å². The predicted octanol–water partition coefficient (Wildman–Crippen LogP) is 4.92. The van der Waals surface area contributed by atoms with E-state index in [9.17, 15) is 19.4 Å². The smallest absolute Gasteiger partial charge is 0.310 e. The number of hydrogen-bond acceptors (Lipinski definition) is 2. The fraction of sp³-hybridized carbons (Fsp3) is 0.308. The van der Waals surface area contributed by atoms with Gasteiger partial charge >= 0.3 is 10.2 Å². The maximum Gasteiger partial charge on any atom is 0.310 e. The summed E-state index contributed by atoms with van der Waals surface area (Å²) >= 11 is 0. The van der Waals surface area contributed by atoms with Crippen LogP contribution in [0.4, 0.5) is 19.4 Å². The van der Waals surface area contributed by atoms with Crippen LogP contribution in [0, 0.1) is 5.92 Å². The van der Waals surface area contributed by atoms with E-state index in [0.717, 1.165) is 12.1 Å². The minimum Gasteiger partial charge on any atom is -0.381 e. The lowest BCUT2D eigenvalue weighted by molar-refractivity contribution is -0.0320. The van der Waals surface area contributed by atoms with Crippen LogP contribution in [0.3, 0.4) is 0 Å². The van der Waals surface area contributed by atoms with Crippen LogP contribution in [0.2, 0.25) is 0 Å². The Morgan fingerprint density at radius 1 is 1.09 bits per heavy atom. The molecule has 1 fully saturated rings. The molecule has 0 aliphatic carbocycles. The number of nitrogens with zero attached hydrogens (tertiary/aromatic N) is 1. The van der Waals surface area contributed by atoms with Gasteiger partial charge in [0.05, 0.1) is 25.1 Å². The van der Waals surface area contributed by atoms with Crippen molar-refractivity contribution < 1.29 is 24.2 Å². The molecule has 3 rings (SSSR count). The Balaban J connectivity index is 1.81. The Bertz CT molecular complexity index is 691. The molecule has 2 aromatic rings. The first-order valence-electron chi connectivity index (χ1n) is 6.47. The largest absolute Gasteiger partial charge is 0.381 e. The minimum atomic E-state index is -9.62. The highest BCUT2D eigenvalue weighted by molar-refractivity contribution is 8.45.